The summed E-state index contributed by atoms with van der Waals surface area (Å²) in [6, 6.07) is 6.93. The molecule has 1 aromatic carbocycles. The number of hydrogen-bond donors (Lipinski definition) is 2. The fraction of sp³-hybridized carbons (Fsp3) is 0.474. The van der Waals surface area contributed by atoms with E-state index in [9.17, 15) is 4.57 Å². The lowest BCUT2D eigenvalue weighted by molar-refractivity contribution is 0.122. The van der Waals surface area contributed by atoms with E-state index < -0.39 is 7.82 Å². The third-order valence-corrected chi connectivity index (χ3v) is 6.34. The average Bonchev–Trinajstić information content (AvgIpc) is 2.79. The zero-order valence-electron chi connectivity index (χ0n) is 16.8. The third-order valence-electron chi connectivity index (χ3n) is 5.41. The van der Waals surface area contributed by atoms with E-state index in [0.717, 1.165) is 43.9 Å². The van der Waals surface area contributed by atoms with Gasteiger partial charge in [-0.05, 0) is 37.3 Å². The Bertz CT molecular complexity index is 945. The minimum Gasteiger partial charge on any atom is -0.401 e. The summed E-state index contributed by atoms with van der Waals surface area (Å²) in [4.78, 5) is 12.0. The van der Waals surface area contributed by atoms with Crippen LogP contribution in [0, 0.1) is 5.92 Å². The van der Waals surface area contributed by atoms with Gasteiger partial charge in [-0.3, -0.25) is 0 Å². The Hall–Kier alpha value is -2.07. The van der Waals surface area contributed by atoms with Crippen molar-refractivity contribution in [3.63, 3.8) is 0 Å². The van der Waals surface area contributed by atoms with Gasteiger partial charge in [0.1, 0.15) is 11.6 Å². The number of benzene rings is 1. The van der Waals surface area contributed by atoms with Crippen molar-refractivity contribution in [2.75, 3.05) is 31.2 Å². The first-order valence-electron chi connectivity index (χ1n) is 9.91. The van der Waals surface area contributed by atoms with Crippen LogP contribution in [0.25, 0.3) is 11.4 Å². The van der Waals surface area contributed by atoms with E-state index in [4.69, 9.17) is 31.0 Å². The molecular formula is C19H26N5O5P. The fourth-order valence-electron chi connectivity index (χ4n) is 3.84. The number of aromatic nitrogens is 2. The molecule has 1 aromatic heterocycles. The van der Waals surface area contributed by atoms with Gasteiger partial charge in [-0.1, -0.05) is 19.1 Å². The molecule has 1 aliphatic heterocycles. The van der Waals surface area contributed by atoms with Crippen LogP contribution < -0.4 is 21.2 Å². The average molecular weight is 435 g/mol. The minimum absolute atomic E-state index is 0.202. The van der Waals surface area contributed by atoms with E-state index in [1.165, 1.54) is 5.56 Å². The van der Waals surface area contributed by atoms with E-state index >= 15 is 0 Å². The van der Waals surface area contributed by atoms with Gasteiger partial charge in [0.05, 0.1) is 24.5 Å². The summed E-state index contributed by atoms with van der Waals surface area (Å²) in [5.74, 6) is 12.2. The monoisotopic (exact) mass is 435 g/mol. The van der Waals surface area contributed by atoms with Gasteiger partial charge in [0.15, 0.2) is 5.82 Å². The van der Waals surface area contributed by atoms with Crippen LogP contribution in [0.3, 0.4) is 0 Å². The summed E-state index contributed by atoms with van der Waals surface area (Å²) in [7, 11) is -4.15. The number of para-hydroxylation sites is 1. The summed E-state index contributed by atoms with van der Waals surface area (Å²) in [6.07, 6.45) is 2.93. The van der Waals surface area contributed by atoms with Crippen molar-refractivity contribution in [3.05, 3.63) is 35.5 Å². The number of ether oxygens (including phenoxy) is 1. The van der Waals surface area contributed by atoms with Gasteiger partial charge in [0.25, 0.3) is 0 Å². The van der Waals surface area contributed by atoms with Crippen LogP contribution in [0.1, 0.15) is 24.6 Å². The number of fused-ring (bicyclic) bond motifs is 1. The third kappa shape index (κ3) is 4.34. The van der Waals surface area contributed by atoms with Crippen molar-refractivity contribution in [1.82, 2.24) is 9.97 Å². The highest BCUT2D eigenvalue weighted by Crippen LogP contribution is 2.48. The largest absolute Gasteiger partial charge is 0.563 e. The molecule has 0 radical (unpaired) electrons. The molecule has 1 unspecified atom stereocenters. The van der Waals surface area contributed by atoms with Crippen LogP contribution in [-0.4, -0.2) is 36.3 Å². The molecule has 2 heterocycles. The molecule has 0 bridgehead atoms. The molecule has 1 saturated heterocycles. The first-order valence-corrected chi connectivity index (χ1v) is 11.4. The van der Waals surface area contributed by atoms with E-state index in [1.54, 1.807) is 18.2 Å². The van der Waals surface area contributed by atoms with Gasteiger partial charge in [0.2, 0.25) is 0 Å². The molecule has 1 atom stereocenters. The second-order valence-electron chi connectivity index (χ2n) is 7.49. The quantitative estimate of drug-likeness (QED) is 0.514. The summed E-state index contributed by atoms with van der Waals surface area (Å²) < 4.78 is 31.9. The summed E-state index contributed by atoms with van der Waals surface area (Å²) in [5.41, 5.74) is 2.77. The van der Waals surface area contributed by atoms with Gasteiger partial charge in [-0.15, -0.1) is 0 Å². The topological polar surface area (TPSA) is 135 Å². The molecule has 30 heavy (non-hydrogen) atoms. The predicted octanol–water partition coefficient (Wildman–Crippen LogP) is 2.37. The Morgan fingerprint density at radius 2 is 1.90 bits per heavy atom. The van der Waals surface area contributed by atoms with E-state index in [0.29, 0.717) is 30.5 Å². The zero-order valence-corrected chi connectivity index (χ0v) is 17.7. The molecular weight excluding hydrogens is 409 g/mol. The Morgan fingerprint density at radius 1 is 1.17 bits per heavy atom. The molecule has 1 fully saturated rings. The maximum absolute atomic E-state index is 12.3. The van der Waals surface area contributed by atoms with Gasteiger partial charge in [-0.2, -0.15) is 9.25 Å². The number of nitrogens with two attached hydrogens (primary N) is 2. The molecule has 0 saturated carbocycles. The zero-order chi connectivity index (χ0) is 21.1. The van der Waals surface area contributed by atoms with Gasteiger partial charge < -0.3 is 14.2 Å². The van der Waals surface area contributed by atoms with Crippen molar-refractivity contribution < 1.29 is 23.1 Å². The van der Waals surface area contributed by atoms with E-state index in [2.05, 4.69) is 21.1 Å². The maximum Gasteiger partial charge on any atom is 0.563 e. The number of nitrogens with zero attached hydrogens (tertiary/aromatic N) is 3. The van der Waals surface area contributed by atoms with Gasteiger partial charge >= 0.3 is 7.82 Å². The highest BCUT2D eigenvalue weighted by Gasteiger charge is 2.30. The number of rotatable bonds is 6. The van der Waals surface area contributed by atoms with Crippen molar-refractivity contribution in [2.24, 2.45) is 17.7 Å². The van der Waals surface area contributed by atoms with Crippen LogP contribution in [0.15, 0.2) is 24.3 Å². The molecule has 10 nitrogen and oxygen atoms in total. The Labute approximate surface area is 175 Å². The van der Waals surface area contributed by atoms with Crippen LogP contribution in [-0.2, 0) is 31.4 Å². The molecule has 0 amide bonds. The standard InChI is InChI=1S/C19H26N5O5P/c1-13-6-7-14-16(12-13)22-18(23-19(14)24-8-10-26-11-9-24)15-4-2-3-5-17(15)27-30(25,28-20)29-21/h2-5,13H,6-12,20-21H2,1H3. The molecule has 0 spiro atoms. The van der Waals surface area contributed by atoms with Crippen LogP contribution in [0.2, 0.25) is 0 Å². The Kier molecular flexibility index (Phi) is 6.33. The first kappa shape index (κ1) is 21.2. The molecule has 2 aliphatic rings. The predicted molar refractivity (Wildman–Crippen MR) is 110 cm³/mol. The molecule has 4 rings (SSSR count). The Balaban J connectivity index is 1.80. The minimum atomic E-state index is -4.15. The summed E-state index contributed by atoms with van der Waals surface area (Å²) in [5, 5.41) is 0. The molecule has 162 valence electrons. The Morgan fingerprint density at radius 3 is 2.63 bits per heavy atom. The van der Waals surface area contributed by atoms with Crippen molar-refractivity contribution in [2.45, 2.75) is 26.2 Å². The van der Waals surface area contributed by atoms with E-state index in [-0.39, 0.29) is 5.75 Å². The van der Waals surface area contributed by atoms with Gasteiger partial charge in [-0.25, -0.2) is 26.3 Å². The normalized spacial score (nSPS) is 19.4. The molecule has 1 aliphatic carbocycles. The molecule has 11 heteroatoms. The van der Waals surface area contributed by atoms with Crippen LogP contribution in [0.4, 0.5) is 5.82 Å². The smallest absolute Gasteiger partial charge is 0.401 e. The lowest BCUT2D eigenvalue weighted by atomic mass is 9.88. The maximum atomic E-state index is 12.3. The van der Waals surface area contributed by atoms with Crippen molar-refractivity contribution in [1.29, 1.82) is 0 Å². The summed E-state index contributed by atoms with van der Waals surface area (Å²) >= 11 is 0. The fourth-order valence-corrected chi connectivity index (χ4v) is 4.38. The van der Waals surface area contributed by atoms with Crippen molar-refractivity contribution >= 4 is 13.6 Å². The SMILES string of the molecule is CC1CCc2c(nc(-c3ccccc3OP(=O)(ON)ON)nc2N2CCOCC2)C1. The number of hydrogen-bond acceptors (Lipinski definition) is 10. The highest BCUT2D eigenvalue weighted by molar-refractivity contribution is 7.48. The van der Waals surface area contributed by atoms with Crippen LogP contribution in [0.5, 0.6) is 5.75 Å². The number of phosphoric acid groups is 1. The van der Waals surface area contributed by atoms with E-state index in [1.807, 2.05) is 6.07 Å². The first-order chi connectivity index (χ1) is 14.5. The summed E-state index contributed by atoms with van der Waals surface area (Å²) in [6.45, 7) is 5.09. The van der Waals surface area contributed by atoms with Crippen molar-refractivity contribution in [3.8, 4) is 17.1 Å². The number of anilines is 1. The second kappa shape index (κ2) is 8.97. The van der Waals surface area contributed by atoms with Gasteiger partial charge in [0, 0.05) is 18.7 Å². The van der Waals surface area contributed by atoms with Crippen LogP contribution >= 0.6 is 7.82 Å². The lowest BCUT2D eigenvalue weighted by Crippen LogP contribution is -2.38. The second-order valence-corrected chi connectivity index (χ2v) is 8.99. The number of morpholine rings is 1. The lowest BCUT2D eigenvalue weighted by Gasteiger charge is -2.32. The molecule has 2 aromatic rings. The molecule has 4 N–H and O–H groups in total. The highest BCUT2D eigenvalue weighted by atomic mass is 31.2.